The Kier molecular flexibility index (Phi) is 9.22. The number of carbonyl (C=O) groups excluding carboxylic acids is 1. The molecule has 3 rings (SSSR count). The first-order valence-electron chi connectivity index (χ1n) is 11.7. The standard InChI is InChI=1S/C25H34F3N5O2/c1-19(30)16-20(6-9-29)17-31-10-7-21(8-11-31)24(34)33-14-12-32(13-15-33)18-22-4-2-3-5-23(22)35-25(26,27)28/h2-6,9,16,21H,1,7-8,10-15,17-18,29-30H2/b9-6-,20-16+. The first-order valence-corrected chi connectivity index (χ1v) is 11.7. The van der Waals surface area contributed by atoms with Gasteiger partial charge in [-0.25, -0.2) is 0 Å². The maximum absolute atomic E-state index is 13.1. The number of piperazine rings is 1. The van der Waals surface area contributed by atoms with E-state index in [1.165, 1.54) is 18.3 Å². The predicted molar refractivity (Wildman–Crippen MR) is 129 cm³/mol. The maximum Gasteiger partial charge on any atom is 0.573 e. The topological polar surface area (TPSA) is 88.1 Å². The van der Waals surface area contributed by atoms with Crippen LogP contribution in [-0.2, 0) is 11.3 Å². The van der Waals surface area contributed by atoms with Crippen LogP contribution in [0.1, 0.15) is 18.4 Å². The highest BCUT2D eigenvalue weighted by molar-refractivity contribution is 5.79. The molecule has 35 heavy (non-hydrogen) atoms. The Morgan fingerprint density at radius 1 is 1.09 bits per heavy atom. The molecular weight excluding hydrogens is 459 g/mol. The third-order valence-corrected chi connectivity index (χ3v) is 6.30. The number of nitrogens with zero attached hydrogens (tertiary/aromatic N) is 3. The zero-order valence-corrected chi connectivity index (χ0v) is 19.8. The Morgan fingerprint density at radius 2 is 1.74 bits per heavy atom. The number of carbonyl (C=O) groups is 1. The number of allylic oxidation sites excluding steroid dienone is 1. The average molecular weight is 494 g/mol. The lowest BCUT2D eigenvalue weighted by atomic mass is 9.94. The van der Waals surface area contributed by atoms with E-state index in [-0.39, 0.29) is 17.6 Å². The number of halogens is 3. The number of rotatable bonds is 8. The van der Waals surface area contributed by atoms with Crippen LogP contribution in [0.4, 0.5) is 13.2 Å². The molecule has 7 nitrogen and oxygen atoms in total. The molecule has 1 amide bonds. The largest absolute Gasteiger partial charge is 0.573 e. The molecule has 2 heterocycles. The quantitative estimate of drug-likeness (QED) is 0.542. The van der Waals surface area contributed by atoms with E-state index in [1.54, 1.807) is 18.2 Å². The number of nitrogens with two attached hydrogens (primary N) is 2. The van der Waals surface area contributed by atoms with E-state index in [1.807, 2.05) is 11.0 Å². The van der Waals surface area contributed by atoms with Crippen molar-refractivity contribution in [2.24, 2.45) is 17.4 Å². The number of alkyl halides is 3. The van der Waals surface area contributed by atoms with Gasteiger partial charge >= 0.3 is 6.36 Å². The molecule has 2 aliphatic rings. The molecule has 0 atom stereocenters. The minimum atomic E-state index is -4.73. The number of hydrogen-bond acceptors (Lipinski definition) is 6. The molecule has 10 heteroatoms. The van der Waals surface area contributed by atoms with Crippen LogP contribution in [0.15, 0.2) is 60.5 Å². The van der Waals surface area contributed by atoms with E-state index in [2.05, 4.69) is 21.1 Å². The summed E-state index contributed by atoms with van der Waals surface area (Å²) in [5.41, 5.74) is 13.1. The summed E-state index contributed by atoms with van der Waals surface area (Å²) in [5.74, 6) is -0.0280. The fourth-order valence-electron chi connectivity index (χ4n) is 4.59. The highest BCUT2D eigenvalue weighted by Gasteiger charge is 2.33. The summed E-state index contributed by atoms with van der Waals surface area (Å²) < 4.78 is 42.2. The van der Waals surface area contributed by atoms with Crippen molar-refractivity contribution >= 4 is 5.91 Å². The second kappa shape index (κ2) is 12.1. The SMILES string of the molecule is C=C(N)/C=C(\C=C/N)CN1CCC(C(=O)N2CCN(Cc3ccccc3OC(F)(F)F)CC2)CC1. The summed E-state index contributed by atoms with van der Waals surface area (Å²) in [6, 6.07) is 6.18. The molecule has 0 aromatic heterocycles. The normalized spacial score (nSPS) is 19.3. The number of amides is 1. The summed E-state index contributed by atoms with van der Waals surface area (Å²) in [7, 11) is 0. The fraction of sp³-hybridized carbons (Fsp3) is 0.480. The number of benzene rings is 1. The molecule has 0 bridgehead atoms. The number of para-hydroxylation sites is 1. The van der Waals surface area contributed by atoms with Gasteiger partial charge in [-0.15, -0.1) is 13.2 Å². The van der Waals surface area contributed by atoms with Gasteiger partial charge in [-0.05, 0) is 55.9 Å². The minimum Gasteiger partial charge on any atom is -0.405 e. The van der Waals surface area contributed by atoms with Crippen molar-refractivity contribution < 1.29 is 22.7 Å². The average Bonchev–Trinajstić information content (AvgIpc) is 2.80. The van der Waals surface area contributed by atoms with Crippen LogP contribution in [0, 0.1) is 5.92 Å². The van der Waals surface area contributed by atoms with Crippen molar-refractivity contribution in [3.8, 4) is 5.75 Å². The molecule has 4 N–H and O–H groups in total. The van der Waals surface area contributed by atoms with E-state index in [9.17, 15) is 18.0 Å². The van der Waals surface area contributed by atoms with Crippen LogP contribution in [0.2, 0.25) is 0 Å². The molecule has 0 saturated carbocycles. The van der Waals surface area contributed by atoms with Gasteiger partial charge in [0.25, 0.3) is 0 Å². The smallest absolute Gasteiger partial charge is 0.405 e. The maximum atomic E-state index is 13.1. The van der Waals surface area contributed by atoms with E-state index >= 15 is 0 Å². The van der Waals surface area contributed by atoms with Crippen molar-refractivity contribution in [2.75, 3.05) is 45.8 Å². The molecule has 0 spiro atoms. The molecule has 2 saturated heterocycles. The predicted octanol–water partition coefficient (Wildman–Crippen LogP) is 2.81. The molecule has 192 valence electrons. The van der Waals surface area contributed by atoms with Gasteiger partial charge in [0.05, 0.1) is 0 Å². The Hall–Kier alpha value is -2.98. The number of hydrogen-bond donors (Lipinski definition) is 2. The lowest BCUT2D eigenvalue weighted by Crippen LogP contribution is -2.51. The van der Waals surface area contributed by atoms with Gasteiger partial charge in [0.2, 0.25) is 5.91 Å². The van der Waals surface area contributed by atoms with E-state index in [0.29, 0.717) is 50.5 Å². The van der Waals surface area contributed by atoms with Crippen LogP contribution < -0.4 is 16.2 Å². The van der Waals surface area contributed by atoms with Crippen molar-refractivity contribution in [2.45, 2.75) is 25.7 Å². The summed E-state index contributed by atoms with van der Waals surface area (Å²) >= 11 is 0. The van der Waals surface area contributed by atoms with Crippen LogP contribution in [0.25, 0.3) is 0 Å². The summed E-state index contributed by atoms with van der Waals surface area (Å²) in [6.07, 6.45) is 1.92. The van der Waals surface area contributed by atoms with Gasteiger partial charge in [0.1, 0.15) is 5.75 Å². The highest BCUT2D eigenvalue weighted by Crippen LogP contribution is 2.28. The van der Waals surface area contributed by atoms with Crippen molar-refractivity contribution in [3.63, 3.8) is 0 Å². The Bertz CT molecular complexity index is 931. The van der Waals surface area contributed by atoms with Gasteiger partial charge in [-0.3, -0.25) is 14.6 Å². The third kappa shape index (κ3) is 8.32. The third-order valence-electron chi connectivity index (χ3n) is 6.30. The van der Waals surface area contributed by atoms with Gasteiger partial charge in [0, 0.05) is 56.4 Å². The second-order valence-electron chi connectivity index (χ2n) is 8.96. The summed E-state index contributed by atoms with van der Waals surface area (Å²) in [6.45, 7) is 8.69. The van der Waals surface area contributed by atoms with Crippen LogP contribution >= 0.6 is 0 Å². The Morgan fingerprint density at radius 3 is 2.34 bits per heavy atom. The van der Waals surface area contributed by atoms with E-state index < -0.39 is 6.36 Å². The number of ether oxygens (including phenoxy) is 1. The van der Waals surface area contributed by atoms with Crippen molar-refractivity contribution in [1.82, 2.24) is 14.7 Å². The fourth-order valence-corrected chi connectivity index (χ4v) is 4.59. The van der Waals surface area contributed by atoms with Crippen LogP contribution in [0.3, 0.4) is 0 Å². The molecular formula is C25H34F3N5O2. The van der Waals surface area contributed by atoms with Gasteiger partial charge in [-0.1, -0.05) is 24.8 Å². The van der Waals surface area contributed by atoms with E-state index in [4.69, 9.17) is 11.5 Å². The van der Waals surface area contributed by atoms with Crippen LogP contribution in [-0.4, -0.2) is 72.8 Å². The zero-order valence-electron chi connectivity index (χ0n) is 19.8. The van der Waals surface area contributed by atoms with Crippen molar-refractivity contribution in [1.29, 1.82) is 0 Å². The van der Waals surface area contributed by atoms with Crippen LogP contribution in [0.5, 0.6) is 5.75 Å². The Labute approximate surface area is 204 Å². The molecule has 0 aliphatic carbocycles. The van der Waals surface area contributed by atoms with Gasteiger partial charge in [0.15, 0.2) is 0 Å². The van der Waals surface area contributed by atoms with E-state index in [0.717, 1.165) is 31.5 Å². The number of likely N-dealkylation sites (tertiary alicyclic amines) is 1. The second-order valence-corrected chi connectivity index (χ2v) is 8.96. The van der Waals surface area contributed by atoms with Gasteiger partial charge < -0.3 is 21.1 Å². The monoisotopic (exact) mass is 493 g/mol. The number of piperidine rings is 1. The molecule has 2 aliphatic heterocycles. The first kappa shape index (κ1) is 26.6. The Balaban J connectivity index is 1.46. The molecule has 0 radical (unpaired) electrons. The lowest BCUT2D eigenvalue weighted by molar-refractivity contribution is -0.275. The lowest BCUT2D eigenvalue weighted by Gasteiger charge is -2.38. The minimum absolute atomic E-state index is 0.0133. The first-order chi connectivity index (χ1) is 16.6. The highest BCUT2D eigenvalue weighted by atomic mass is 19.4. The van der Waals surface area contributed by atoms with Gasteiger partial charge in [-0.2, -0.15) is 0 Å². The molecule has 1 aromatic rings. The van der Waals surface area contributed by atoms with Crippen molar-refractivity contribution in [3.05, 3.63) is 66.0 Å². The summed E-state index contributed by atoms with van der Waals surface area (Å²) in [5, 5.41) is 0. The molecule has 0 unspecified atom stereocenters. The summed E-state index contributed by atoms with van der Waals surface area (Å²) in [4.78, 5) is 19.3. The molecule has 1 aromatic carbocycles. The zero-order chi connectivity index (χ0) is 25.4. The molecule has 2 fully saturated rings.